The summed E-state index contributed by atoms with van der Waals surface area (Å²) in [5.41, 5.74) is 1.96. The molecular formula is C15H15NO2. The van der Waals surface area contributed by atoms with E-state index in [-0.39, 0.29) is 5.97 Å². The van der Waals surface area contributed by atoms with E-state index in [4.69, 9.17) is 4.74 Å². The molecule has 0 saturated carbocycles. The topological polar surface area (TPSA) is 39.2 Å². The van der Waals surface area contributed by atoms with Gasteiger partial charge < -0.3 is 4.74 Å². The highest BCUT2D eigenvalue weighted by atomic mass is 16.5. The van der Waals surface area contributed by atoms with E-state index in [1.165, 1.54) is 0 Å². The summed E-state index contributed by atoms with van der Waals surface area (Å²) in [5, 5.41) is 1.09. The minimum atomic E-state index is -0.206. The van der Waals surface area contributed by atoms with Gasteiger partial charge in [0.2, 0.25) is 0 Å². The Morgan fingerprint density at radius 2 is 2.22 bits per heavy atom. The van der Waals surface area contributed by atoms with Crippen LogP contribution in [0.3, 0.4) is 0 Å². The fourth-order valence-electron chi connectivity index (χ4n) is 1.69. The average Bonchev–Trinajstić information content (AvgIpc) is 2.39. The number of benzene rings is 1. The summed E-state index contributed by atoms with van der Waals surface area (Å²) in [5.74, 6) is -0.206. The summed E-state index contributed by atoms with van der Waals surface area (Å²) < 4.78 is 4.84. The number of ether oxygens (including phenoxy) is 1. The van der Waals surface area contributed by atoms with Crippen LogP contribution in [0, 0.1) is 0 Å². The van der Waals surface area contributed by atoms with Crippen LogP contribution in [0.5, 0.6) is 0 Å². The van der Waals surface area contributed by atoms with Gasteiger partial charge in [-0.2, -0.15) is 0 Å². The van der Waals surface area contributed by atoms with Crippen LogP contribution < -0.4 is 0 Å². The first-order valence-corrected chi connectivity index (χ1v) is 5.96. The van der Waals surface area contributed by atoms with Crippen molar-refractivity contribution in [3.63, 3.8) is 0 Å². The number of fused-ring (bicyclic) bond motifs is 1. The standard InChI is InChI=1S/C15H15NO2/c1-2-18-15(17)9-5-6-12-10-13-7-3-4-8-14(13)16-11-12/h3-8,10-11H,2,9H2,1H3. The molecular weight excluding hydrogens is 226 g/mol. The molecule has 1 aromatic carbocycles. The molecule has 0 aliphatic carbocycles. The molecule has 92 valence electrons. The van der Waals surface area contributed by atoms with Crippen molar-refractivity contribution in [1.82, 2.24) is 4.98 Å². The van der Waals surface area contributed by atoms with E-state index in [2.05, 4.69) is 4.98 Å². The second-order valence-electron chi connectivity index (χ2n) is 3.87. The van der Waals surface area contributed by atoms with Gasteiger partial charge in [0.1, 0.15) is 0 Å². The molecule has 0 spiro atoms. The molecule has 0 bridgehead atoms. The molecule has 1 heterocycles. The number of carbonyl (C=O) groups excluding carboxylic acids is 1. The Hall–Kier alpha value is -2.16. The first-order valence-electron chi connectivity index (χ1n) is 5.96. The molecule has 2 rings (SSSR count). The van der Waals surface area contributed by atoms with Gasteiger partial charge in [0.15, 0.2) is 0 Å². The van der Waals surface area contributed by atoms with Crippen LogP contribution >= 0.6 is 0 Å². The maximum absolute atomic E-state index is 11.2. The van der Waals surface area contributed by atoms with Crippen LogP contribution in [0.2, 0.25) is 0 Å². The van der Waals surface area contributed by atoms with Crippen LogP contribution in [-0.4, -0.2) is 17.6 Å². The highest BCUT2D eigenvalue weighted by Crippen LogP contribution is 2.13. The minimum Gasteiger partial charge on any atom is -0.466 e. The van der Waals surface area contributed by atoms with Gasteiger partial charge in [0.25, 0.3) is 0 Å². The van der Waals surface area contributed by atoms with Gasteiger partial charge in [-0.25, -0.2) is 0 Å². The SMILES string of the molecule is CCOC(=O)CC=Cc1cnc2ccccc2c1. The lowest BCUT2D eigenvalue weighted by Gasteiger charge is -1.99. The average molecular weight is 241 g/mol. The van der Waals surface area contributed by atoms with Gasteiger partial charge in [-0.3, -0.25) is 9.78 Å². The van der Waals surface area contributed by atoms with Crippen molar-refractivity contribution in [3.05, 3.63) is 48.2 Å². The Kier molecular flexibility index (Phi) is 4.07. The van der Waals surface area contributed by atoms with Gasteiger partial charge in [0, 0.05) is 11.6 Å². The van der Waals surface area contributed by atoms with Gasteiger partial charge in [-0.15, -0.1) is 0 Å². The van der Waals surface area contributed by atoms with Crippen LogP contribution in [0.1, 0.15) is 18.9 Å². The van der Waals surface area contributed by atoms with Gasteiger partial charge in [0.05, 0.1) is 18.5 Å². The summed E-state index contributed by atoms with van der Waals surface area (Å²) in [6.45, 7) is 2.22. The molecule has 18 heavy (non-hydrogen) atoms. The summed E-state index contributed by atoms with van der Waals surface area (Å²) in [4.78, 5) is 15.5. The quantitative estimate of drug-likeness (QED) is 0.771. The molecule has 0 fully saturated rings. The number of aromatic nitrogens is 1. The van der Waals surface area contributed by atoms with E-state index < -0.39 is 0 Å². The predicted octanol–water partition coefficient (Wildman–Crippen LogP) is 3.20. The predicted molar refractivity (Wildman–Crippen MR) is 72.0 cm³/mol. The number of para-hydroxylation sites is 1. The fourth-order valence-corrected chi connectivity index (χ4v) is 1.69. The maximum atomic E-state index is 11.2. The summed E-state index contributed by atoms with van der Waals surface area (Å²) in [7, 11) is 0. The minimum absolute atomic E-state index is 0.206. The molecule has 0 amide bonds. The van der Waals surface area contributed by atoms with Crippen molar-refractivity contribution in [1.29, 1.82) is 0 Å². The van der Waals surface area contributed by atoms with E-state index >= 15 is 0 Å². The summed E-state index contributed by atoms with van der Waals surface area (Å²) in [6.07, 6.45) is 5.77. The monoisotopic (exact) mass is 241 g/mol. The van der Waals surface area contributed by atoms with Crippen LogP contribution in [0.4, 0.5) is 0 Å². The zero-order chi connectivity index (χ0) is 12.8. The zero-order valence-corrected chi connectivity index (χ0v) is 10.3. The van der Waals surface area contributed by atoms with Crippen molar-refractivity contribution >= 4 is 22.9 Å². The molecule has 0 aliphatic heterocycles. The Labute approximate surface area is 106 Å². The van der Waals surface area contributed by atoms with Crippen LogP contribution in [0.25, 0.3) is 17.0 Å². The van der Waals surface area contributed by atoms with Crippen molar-refractivity contribution in [3.8, 4) is 0 Å². The number of nitrogens with zero attached hydrogens (tertiary/aromatic N) is 1. The third-order valence-electron chi connectivity index (χ3n) is 2.51. The largest absolute Gasteiger partial charge is 0.466 e. The van der Waals surface area contributed by atoms with Crippen molar-refractivity contribution in [2.24, 2.45) is 0 Å². The third kappa shape index (κ3) is 3.17. The molecule has 0 unspecified atom stereocenters. The van der Waals surface area contributed by atoms with E-state index in [0.29, 0.717) is 13.0 Å². The highest BCUT2D eigenvalue weighted by molar-refractivity contribution is 5.80. The number of pyridine rings is 1. The Balaban J connectivity index is 2.07. The number of rotatable bonds is 4. The summed E-state index contributed by atoms with van der Waals surface area (Å²) >= 11 is 0. The normalized spacial score (nSPS) is 10.9. The lowest BCUT2D eigenvalue weighted by atomic mass is 10.1. The van der Waals surface area contributed by atoms with Crippen LogP contribution in [-0.2, 0) is 9.53 Å². The molecule has 0 saturated heterocycles. The third-order valence-corrected chi connectivity index (χ3v) is 2.51. The molecule has 3 heteroatoms. The fraction of sp³-hybridized carbons (Fsp3) is 0.200. The highest BCUT2D eigenvalue weighted by Gasteiger charge is 1.97. The molecule has 1 aromatic heterocycles. The molecule has 0 N–H and O–H groups in total. The van der Waals surface area contributed by atoms with Gasteiger partial charge in [-0.1, -0.05) is 30.4 Å². The van der Waals surface area contributed by atoms with E-state index in [0.717, 1.165) is 16.5 Å². The Morgan fingerprint density at radius 1 is 1.39 bits per heavy atom. The second kappa shape index (κ2) is 5.96. The lowest BCUT2D eigenvalue weighted by Crippen LogP contribution is -2.01. The number of hydrogen-bond acceptors (Lipinski definition) is 3. The zero-order valence-electron chi connectivity index (χ0n) is 10.3. The second-order valence-corrected chi connectivity index (χ2v) is 3.87. The van der Waals surface area contributed by atoms with E-state index in [1.54, 1.807) is 19.2 Å². The molecule has 0 radical (unpaired) electrons. The first kappa shape index (κ1) is 12.3. The first-order chi connectivity index (χ1) is 8.79. The van der Waals surface area contributed by atoms with Crippen LogP contribution in [0.15, 0.2) is 42.6 Å². The molecule has 0 aliphatic rings. The van der Waals surface area contributed by atoms with E-state index in [9.17, 15) is 4.79 Å². The Morgan fingerprint density at radius 3 is 3.06 bits per heavy atom. The Bertz CT molecular complexity index is 575. The van der Waals surface area contributed by atoms with Gasteiger partial charge >= 0.3 is 5.97 Å². The van der Waals surface area contributed by atoms with Crippen molar-refractivity contribution in [2.45, 2.75) is 13.3 Å². The maximum Gasteiger partial charge on any atom is 0.309 e. The van der Waals surface area contributed by atoms with Gasteiger partial charge in [-0.05, 0) is 24.6 Å². The lowest BCUT2D eigenvalue weighted by molar-refractivity contribution is -0.142. The smallest absolute Gasteiger partial charge is 0.309 e. The summed E-state index contributed by atoms with van der Waals surface area (Å²) in [6, 6.07) is 9.98. The number of hydrogen-bond donors (Lipinski definition) is 0. The number of carbonyl (C=O) groups is 1. The van der Waals surface area contributed by atoms with Crippen molar-refractivity contribution in [2.75, 3.05) is 6.61 Å². The molecule has 0 atom stereocenters. The number of esters is 1. The molecule has 3 nitrogen and oxygen atoms in total. The molecule has 2 aromatic rings. The van der Waals surface area contributed by atoms with E-state index in [1.807, 2.05) is 36.4 Å². The van der Waals surface area contributed by atoms with Crippen molar-refractivity contribution < 1.29 is 9.53 Å².